The van der Waals surface area contributed by atoms with Crippen molar-refractivity contribution in [3.05, 3.63) is 23.9 Å². The summed E-state index contributed by atoms with van der Waals surface area (Å²) >= 11 is 1.23. The fourth-order valence-corrected chi connectivity index (χ4v) is 2.69. The summed E-state index contributed by atoms with van der Waals surface area (Å²) in [4.78, 5) is 15.7. The van der Waals surface area contributed by atoms with Gasteiger partial charge in [-0.25, -0.2) is 9.78 Å². The molecule has 1 aromatic heterocycles. The van der Waals surface area contributed by atoms with Crippen LogP contribution >= 0.6 is 11.3 Å². The highest BCUT2D eigenvalue weighted by molar-refractivity contribution is 7.19. The zero-order valence-electron chi connectivity index (χ0n) is 10.7. The van der Waals surface area contributed by atoms with Crippen molar-refractivity contribution in [2.45, 2.75) is 0 Å². The number of carbonyl (C=O) groups excluding carboxylic acids is 1. The van der Waals surface area contributed by atoms with E-state index in [4.69, 9.17) is 15.2 Å². The molecule has 0 atom stereocenters. The van der Waals surface area contributed by atoms with Crippen LogP contribution in [0.15, 0.2) is 18.2 Å². The summed E-state index contributed by atoms with van der Waals surface area (Å²) in [5, 5.41) is 0.974. The minimum Gasteiger partial charge on any atom is -0.486 e. The predicted molar refractivity (Wildman–Crippen MR) is 74.3 cm³/mol. The van der Waals surface area contributed by atoms with Crippen molar-refractivity contribution in [1.82, 2.24) is 4.98 Å². The number of nitrogen functional groups attached to an aromatic ring is 1. The highest BCUT2D eigenvalue weighted by Gasteiger charge is 2.19. The number of nitrogens with two attached hydrogens (primary N) is 1. The van der Waals surface area contributed by atoms with Crippen LogP contribution < -0.4 is 15.2 Å². The molecule has 20 heavy (non-hydrogen) atoms. The van der Waals surface area contributed by atoms with Crippen LogP contribution in [0.5, 0.6) is 11.5 Å². The lowest BCUT2D eigenvalue weighted by atomic mass is 10.2. The van der Waals surface area contributed by atoms with Gasteiger partial charge in [-0.1, -0.05) is 11.3 Å². The Kier molecular flexibility index (Phi) is 3.19. The summed E-state index contributed by atoms with van der Waals surface area (Å²) in [6.07, 6.45) is 0. The molecule has 104 valence electrons. The van der Waals surface area contributed by atoms with E-state index in [1.165, 1.54) is 18.4 Å². The van der Waals surface area contributed by atoms with Crippen molar-refractivity contribution in [3.8, 4) is 22.1 Å². The lowest BCUT2D eigenvalue weighted by molar-refractivity contribution is 0.0596. The van der Waals surface area contributed by atoms with E-state index in [-0.39, 0.29) is 5.69 Å². The number of rotatable bonds is 2. The topological polar surface area (TPSA) is 83.7 Å². The van der Waals surface area contributed by atoms with Crippen LogP contribution in [0.25, 0.3) is 10.6 Å². The van der Waals surface area contributed by atoms with Crippen LogP contribution in [0.1, 0.15) is 10.5 Å². The molecule has 0 fully saturated rings. The molecule has 3 rings (SSSR count). The predicted octanol–water partition coefficient (Wildman–Crippen LogP) is 1.95. The largest absolute Gasteiger partial charge is 0.486 e. The number of methoxy groups -OCH3 is 1. The van der Waals surface area contributed by atoms with E-state index in [1.807, 2.05) is 18.2 Å². The molecule has 7 heteroatoms. The number of hydrogen-bond donors (Lipinski definition) is 1. The summed E-state index contributed by atoms with van der Waals surface area (Å²) in [5.41, 5.74) is 6.75. The second-order valence-corrected chi connectivity index (χ2v) is 5.11. The zero-order chi connectivity index (χ0) is 14.1. The normalized spacial score (nSPS) is 13.1. The minimum atomic E-state index is -0.539. The molecule has 6 nitrogen and oxygen atoms in total. The highest BCUT2D eigenvalue weighted by Crippen LogP contribution is 2.37. The molecular formula is C13H12N2O4S. The Balaban J connectivity index is 1.99. The third-order valence-corrected chi connectivity index (χ3v) is 3.75. The first kappa shape index (κ1) is 12.7. The van der Waals surface area contributed by atoms with Crippen LogP contribution in [0.3, 0.4) is 0 Å². The molecule has 0 unspecified atom stereocenters. The standard InChI is InChI=1S/C13H12N2O4S/c1-17-13(16)10-11(14)20-12(15-10)7-2-3-8-9(6-7)19-5-4-18-8/h2-3,6H,4-5,14H2,1H3. The van der Waals surface area contributed by atoms with Gasteiger partial charge in [-0.05, 0) is 18.2 Å². The van der Waals surface area contributed by atoms with Crippen LogP contribution in [0, 0.1) is 0 Å². The van der Waals surface area contributed by atoms with Gasteiger partial charge in [-0.2, -0.15) is 0 Å². The third kappa shape index (κ3) is 2.16. The number of nitrogens with zero attached hydrogens (tertiary/aromatic N) is 1. The molecule has 0 saturated carbocycles. The van der Waals surface area contributed by atoms with Crippen molar-refractivity contribution in [3.63, 3.8) is 0 Å². The lowest BCUT2D eigenvalue weighted by Gasteiger charge is -2.18. The van der Waals surface area contributed by atoms with Crippen LogP contribution in [-0.2, 0) is 4.74 Å². The van der Waals surface area contributed by atoms with E-state index in [0.717, 1.165) is 5.56 Å². The highest BCUT2D eigenvalue weighted by atomic mass is 32.1. The number of thiazole rings is 1. The molecule has 1 aliphatic rings. The van der Waals surface area contributed by atoms with Crippen LogP contribution in [0.2, 0.25) is 0 Å². The molecule has 0 radical (unpaired) electrons. The second-order valence-electron chi connectivity index (χ2n) is 4.08. The van der Waals surface area contributed by atoms with E-state index < -0.39 is 5.97 Å². The summed E-state index contributed by atoms with van der Waals surface area (Å²) in [7, 11) is 1.30. The van der Waals surface area contributed by atoms with Gasteiger partial charge in [0.25, 0.3) is 0 Å². The number of esters is 1. The van der Waals surface area contributed by atoms with Gasteiger partial charge in [0.15, 0.2) is 17.2 Å². The molecule has 0 saturated heterocycles. The first-order chi connectivity index (χ1) is 9.69. The van der Waals surface area contributed by atoms with E-state index in [2.05, 4.69) is 9.72 Å². The maximum absolute atomic E-state index is 11.5. The Bertz CT molecular complexity index is 668. The first-order valence-corrected chi connectivity index (χ1v) is 6.75. The van der Waals surface area contributed by atoms with E-state index in [0.29, 0.717) is 34.7 Å². The van der Waals surface area contributed by atoms with Gasteiger partial charge in [0, 0.05) is 5.56 Å². The summed E-state index contributed by atoms with van der Waals surface area (Å²) in [6, 6.07) is 5.50. The molecule has 0 amide bonds. The van der Waals surface area contributed by atoms with Crippen molar-refractivity contribution < 1.29 is 19.0 Å². The van der Waals surface area contributed by atoms with Gasteiger partial charge in [0.1, 0.15) is 23.2 Å². The van der Waals surface area contributed by atoms with Crippen LogP contribution in [0.4, 0.5) is 5.00 Å². The number of hydrogen-bond acceptors (Lipinski definition) is 7. The second kappa shape index (κ2) is 5.01. The third-order valence-electron chi connectivity index (χ3n) is 2.82. The fraction of sp³-hybridized carbons (Fsp3) is 0.231. The first-order valence-electron chi connectivity index (χ1n) is 5.93. The quantitative estimate of drug-likeness (QED) is 0.852. The van der Waals surface area contributed by atoms with Gasteiger partial charge in [-0.3, -0.25) is 0 Å². The average Bonchev–Trinajstić information content (AvgIpc) is 2.88. The average molecular weight is 292 g/mol. The molecule has 0 aliphatic carbocycles. The maximum atomic E-state index is 11.5. The fourth-order valence-electron chi connectivity index (χ4n) is 1.87. The number of ether oxygens (including phenoxy) is 3. The molecule has 2 aromatic rings. The van der Waals surface area contributed by atoms with Crippen molar-refractivity contribution >= 4 is 22.3 Å². The zero-order valence-corrected chi connectivity index (χ0v) is 11.5. The molecule has 1 aromatic carbocycles. The maximum Gasteiger partial charge on any atom is 0.359 e. The Hall–Kier alpha value is -2.28. The van der Waals surface area contributed by atoms with Crippen molar-refractivity contribution in [2.75, 3.05) is 26.1 Å². The van der Waals surface area contributed by atoms with E-state index in [1.54, 1.807) is 0 Å². The van der Waals surface area contributed by atoms with Gasteiger partial charge < -0.3 is 19.9 Å². The number of carbonyl (C=O) groups is 1. The van der Waals surface area contributed by atoms with E-state index >= 15 is 0 Å². The molecular weight excluding hydrogens is 280 g/mol. The van der Waals surface area contributed by atoms with Gasteiger partial charge in [0.2, 0.25) is 0 Å². The van der Waals surface area contributed by atoms with Gasteiger partial charge in [-0.15, -0.1) is 0 Å². The molecule has 1 aliphatic heterocycles. The Morgan fingerprint density at radius 2 is 2.10 bits per heavy atom. The van der Waals surface area contributed by atoms with Gasteiger partial charge >= 0.3 is 5.97 Å². The minimum absolute atomic E-state index is 0.141. The number of aromatic nitrogens is 1. The lowest BCUT2D eigenvalue weighted by Crippen LogP contribution is -2.15. The smallest absolute Gasteiger partial charge is 0.359 e. The van der Waals surface area contributed by atoms with E-state index in [9.17, 15) is 4.79 Å². The summed E-state index contributed by atoms with van der Waals surface area (Å²) in [6.45, 7) is 1.06. The number of benzene rings is 1. The number of anilines is 1. The SMILES string of the molecule is COC(=O)c1nc(-c2ccc3c(c2)OCCO3)sc1N. The molecule has 0 bridgehead atoms. The molecule has 2 heterocycles. The Labute approximate surface area is 119 Å². The van der Waals surface area contributed by atoms with Gasteiger partial charge in [0.05, 0.1) is 7.11 Å². The molecule has 0 spiro atoms. The monoisotopic (exact) mass is 292 g/mol. The molecule has 2 N–H and O–H groups in total. The summed E-state index contributed by atoms with van der Waals surface area (Å²) < 4.78 is 15.6. The van der Waals surface area contributed by atoms with Crippen molar-refractivity contribution in [1.29, 1.82) is 0 Å². The Morgan fingerprint density at radius 1 is 1.35 bits per heavy atom. The Morgan fingerprint density at radius 3 is 2.85 bits per heavy atom. The summed E-state index contributed by atoms with van der Waals surface area (Å²) in [5.74, 6) is 0.836. The van der Waals surface area contributed by atoms with Crippen LogP contribution in [-0.4, -0.2) is 31.3 Å². The van der Waals surface area contributed by atoms with Crippen molar-refractivity contribution in [2.24, 2.45) is 0 Å². The number of fused-ring (bicyclic) bond motifs is 1.